The molecule has 20 heavy (non-hydrogen) atoms. The minimum absolute atomic E-state index is 0.501. The predicted molar refractivity (Wildman–Crippen MR) is 79.1 cm³/mol. The summed E-state index contributed by atoms with van der Waals surface area (Å²) in [6.07, 6.45) is 3.69. The summed E-state index contributed by atoms with van der Waals surface area (Å²) in [5, 5.41) is 7.97. The zero-order valence-electron chi connectivity index (χ0n) is 11.2. The second kappa shape index (κ2) is 6.13. The molecule has 0 saturated carbocycles. The lowest BCUT2D eigenvalue weighted by atomic mass is 10.1. The third-order valence-electron chi connectivity index (χ3n) is 3.36. The number of nitrogens with zero attached hydrogens (tertiary/aromatic N) is 3. The van der Waals surface area contributed by atoms with Crippen LogP contribution in [0.3, 0.4) is 0 Å². The molecule has 0 spiro atoms. The lowest BCUT2D eigenvalue weighted by Crippen LogP contribution is -2.30. The van der Waals surface area contributed by atoms with Crippen LogP contribution < -0.4 is 10.2 Å². The number of anilines is 2. The number of benzene rings is 1. The smallest absolute Gasteiger partial charge is 0.266 e. The Bertz CT molecular complexity index is 566. The van der Waals surface area contributed by atoms with Crippen molar-refractivity contribution in [2.75, 3.05) is 23.3 Å². The molecule has 0 radical (unpaired) electrons. The number of hydrogen-bond donors (Lipinski definition) is 1. The van der Waals surface area contributed by atoms with E-state index in [1.165, 1.54) is 19.3 Å². The molecule has 0 bridgehead atoms. The SMILES string of the molecule is Clc1cccc(NCc2nc(N3CCCCC3)no2)c1. The molecule has 1 saturated heterocycles. The number of rotatable bonds is 4. The van der Waals surface area contributed by atoms with Crippen molar-refractivity contribution in [3.8, 4) is 0 Å². The quantitative estimate of drug-likeness (QED) is 0.937. The maximum Gasteiger partial charge on any atom is 0.266 e. The lowest BCUT2D eigenvalue weighted by Gasteiger charge is -2.24. The first-order valence-electron chi connectivity index (χ1n) is 6.88. The Morgan fingerprint density at radius 3 is 2.90 bits per heavy atom. The number of hydrogen-bond acceptors (Lipinski definition) is 5. The summed E-state index contributed by atoms with van der Waals surface area (Å²) in [4.78, 5) is 6.60. The van der Waals surface area contributed by atoms with Crippen molar-refractivity contribution >= 4 is 23.2 Å². The topological polar surface area (TPSA) is 54.2 Å². The molecule has 2 aromatic rings. The summed E-state index contributed by atoms with van der Waals surface area (Å²) in [5.41, 5.74) is 0.940. The van der Waals surface area contributed by atoms with Crippen LogP contribution in [0.5, 0.6) is 0 Å². The van der Waals surface area contributed by atoms with E-state index in [4.69, 9.17) is 16.1 Å². The Balaban J connectivity index is 1.59. The third-order valence-corrected chi connectivity index (χ3v) is 3.60. The van der Waals surface area contributed by atoms with E-state index in [1.54, 1.807) is 0 Å². The van der Waals surface area contributed by atoms with E-state index < -0.39 is 0 Å². The van der Waals surface area contributed by atoms with Crippen molar-refractivity contribution in [1.29, 1.82) is 0 Å². The highest BCUT2D eigenvalue weighted by atomic mass is 35.5. The molecule has 1 N–H and O–H groups in total. The zero-order valence-corrected chi connectivity index (χ0v) is 11.9. The second-order valence-electron chi connectivity index (χ2n) is 4.90. The zero-order chi connectivity index (χ0) is 13.8. The lowest BCUT2D eigenvalue weighted by molar-refractivity contribution is 0.381. The molecule has 1 aromatic heterocycles. The molecule has 3 rings (SSSR count). The van der Waals surface area contributed by atoms with Gasteiger partial charge in [-0.3, -0.25) is 0 Å². The van der Waals surface area contributed by atoms with Gasteiger partial charge in [0.25, 0.3) is 5.95 Å². The van der Waals surface area contributed by atoms with Gasteiger partial charge in [-0.25, -0.2) is 0 Å². The van der Waals surface area contributed by atoms with Crippen molar-refractivity contribution in [2.45, 2.75) is 25.8 Å². The van der Waals surface area contributed by atoms with Gasteiger partial charge in [0.1, 0.15) is 0 Å². The summed E-state index contributed by atoms with van der Waals surface area (Å²) in [5.74, 6) is 1.29. The summed E-state index contributed by atoms with van der Waals surface area (Å²) >= 11 is 5.93. The highest BCUT2D eigenvalue weighted by Gasteiger charge is 2.16. The van der Waals surface area contributed by atoms with Gasteiger partial charge in [-0.15, -0.1) is 0 Å². The Kier molecular flexibility index (Phi) is 4.06. The van der Waals surface area contributed by atoms with Gasteiger partial charge in [0, 0.05) is 23.8 Å². The maximum atomic E-state index is 5.93. The van der Waals surface area contributed by atoms with Crippen LogP contribution in [0.4, 0.5) is 11.6 Å². The van der Waals surface area contributed by atoms with Crippen LogP contribution in [0.15, 0.2) is 28.8 Å². The minimum Gasteiger partial charge on any atom is -0.376 e. The Morgan fingerprint density at radius 1 is 1.25 bits per heavy atom. The molecule has 1 aliphatic rings. The van der Waals surface area contributed by atoms with Gasteiger partial charge in [0.05, 0.1) is 6.54 Å². The van der Waals surface area contributed by atoms with E-state index in [-0.39, 0.29) is 0 Å². The fourth-order valence-electron chi connectivity index (χ4n) is 2.32. The van der Waals surface area contributed by atoms with Gasteiger partial charge in [-0.05, 0) is 42.6 Å². The minimum atomic E-state index is 0.501. The van der Waals surface area contributed by atoms with E-state index in [2.05, 4.69) is 20.4 Å². The molecule has 5 nitrogen and oxygen atoms in total. The first kappa shape index (κ1) is 13.2. The van der Waals surface area contributed by atoms with Crippen LogP contribution in [0.1, 0.15) is 25.2 Å². The third kappa shape index (κ3) is 3.22. The monoisotopic (exact) mass is 292 g/mol. The molecule has 1 fully saturated rings. The maximum absolute atomic E-state index is 5.93. The highest BCUT2D eigenvalue weighted by molar-refractivity contribution is 6.30. The van der Waals surface area contributed by atoms with Gasteiger partial charge in [0.15, 0.2) is 0 Å². The van der Waals surface area contributed by atoms with Crippen molar-refractivity contribution < 1.29 is 4.52 Å². The fourth-order valence-corrected chi connectivity index (χ4v) is 2.51. The number of aromatic nitrogens is 2. The van der Waals surface area contributed by atoms with Crippen LogP contribution in [0.25, 0.3) is 0 Å². The van der Waals surface area contributed by atoms with E-state index in [0.717, 1.165) is 18.8 Å². The van der Waals surface area contributed by atoms with E-state index in [1.807, 2.05) is 24.3 Å². The van der Waals surface area contributed by atoms with E-state index in [0.29, 0.717) is 23.4 Å². The van der Waals surface area contributed by atoms with Crippen LogP contribution in [0.2, 0.25) is 5.02 Å². The Hall–Kier alpha value is -1.75. The molecule has 0 amide bonds. The van der Waals surface area contributed by atoms with Gasteiger partial charge < -0.3 is 14.7 Å². The first-order chi connectivity index (χ1) is 9.81. The van der Waals surface area contributed by atoms with Crippen LogP contribution in [-0.4, -0.2) is 23.2 Å². The Morgan fingerprint density at radius 2 is 2.10 bits per heavy atom. The first-order valence-corrected chi connectivity index (χ1v) is 7.26. The average Bonchev–Trinajstić information content (AvgIpc) is 2.95. The normalized spacial score (nSPS) is 15.3. The van der Waals surface area contributed by atoms with Gasteiger partial charge >= 0.3 is 0 Å². The van der Waals surface area contributed by atoms with Crippen LogP contribution >= 0.6 is 11.6 Å². The molecule has 1 aliphatic heterocycles. The summed E-state index contributed by atoms with van der Waals surface area (Å²) in [6.45, 7) is 2.53. The molecule has 0 unspecified atom stereocenters. The standard InChI is InChI=1S/C14H17ClN4O/c15-11-5-4-6-12(9-11)16-10-13-17-14(18-20-13)19-7-2-1-3-8-19/h4-6,9,16H,1-3,7-8,10H2. The van der Waals surface area contributed by atoms with Crippen molar-refractivity contribution in [2.24, 2.45) is 0 Å². The molecule has 6 heteroatoms. The number of halogens is 1. The van der Waals surface area contributed by atoms with E-state index >= 15 is 0 Å². The van der Waals surface area contributed by atoms with Gasteiger partial charge in [0.2, 0.25) is 5.89 Å². The van der Waals surface area contributed by atoms with Crippen LogP contribution in [-0.2, 0) is 6.54 Å². The highest BCUT2D eigenvalue weighted by Crippen LogP contribution is 2.18. The second-order valence-corrected chi connectivity index (χ2v) is 5.34. The van der Waals surface area contributed by atoms with Gasteiger partial charge in [-0.2, -0.15) is 4.98 Å². The largest absolute Gasteiger partial charge is 0.376 e. The van der Waals surface area contributed by atoms with E-state index in [9.17, 15) is 0 Å². The Labute approximate surface area is 122 Å². The van der Waals surface area contributed by atoms with Crippen molar-refractivity contribution in [3.05, 3.63) is 35.2 Å². The summed E-state index contributed by atoms with van der Waals surface area (Å²) in [7, 11) is 0. The molecule has 0 atom stereocenters. The summed E-state index contributed by atoms with van der Waals surface area (Å²) < 4.78 is 5.27. The van der Waals surface area contributed by atoms with Crippen molar-refractivity contribution in [3.63, 3.8) is 0 Å². The molecule has 106 valence electrons. The van der Waals surface area contributed by atoms with Crippen LogP contribution in [0, 0.1) is 0 Å². The number of nitrogens with one attached hydrogen (secondary N) is 1. The molecule has 0 aliphatic carbocycles. The molecule has 1 aromatic carbocycles. The summed E-state index contributed by atoms with van der Waals surface area (Å²) in [6, 6.07) is 7.56. The molecular weight excluding hydrogens is 276 g/mol. The average molecular weight is 293 g/mol. The number of piperidine rings is 1. The van der Waals surface area contributed by atoms with Crippen molar-refractivity contribution in [1.82, 2.24) is 10.1 Å². The molecular formula is C14H17ClN4O. The fraction of sp³-hybridized carbons (Fsp3) is 0.429. The van der Waals surface area contributed by atoms with Gasteiger partial charge in [-0.1, -0.05) is 17.7 Å². The predicted octanol–water partition coefficient (Wildman–Crippen LogP) is 3.33. The molecule has 2 heterocycles.